The first-order valence-electron chi connectivity index (χ1n) is 27.2. The van der Waals surface area contributed by atoms with Crippen molar-refractivity contribution in [3.05, 3.63) is 165 Å². The number of aromatic nitrogens is 2. The lowest BCUT2D eigenvalue weighted by molar-refractivity contribution is -0.142. The molecular weight excluding hydrogens is 949 g/mol. The van der Waals surface area contributed by atoms with Crippen LogP contribution < -0.4 is 9.47 Å². The van der Waals surface area contributed by atoms with Crippen LogP contribution in [0.15, 0.2) is 109 Å². The largest absolute Gasteiger partial charge is 0.491 e. The summed E-state index contributed by atoms with van der Waals surface area (Å²) in [6, 6.07) is 33.8. The Morgan fingerprint density at radius 3 is 1.14 bits per heavy atom. The molecule has 2 heterocycles. The van der Waals surface area contributed by atoms with Gasteiger partial charge in [-0.25, -0.2) is 0 Å². The van der Waals surface area contributed by atoms with Crippen molar-refractivity contribution in [3.8, 4) is 34.0 Å². The topological polar surface area (TPSA) is 148 Å². The van der Waals surface area contributed by atoms with Gasteiger partial charge in [0.25, 0.3) is 0 Å². The van der Waals surface area contributed by atoms with Crippen LogP contribution in [0.2, 0.25) is 0 Å². The van der Waals surface area contributed by atoms with Crippen molar-refractivity contribution in [1.82, 2.24) is 9.97 Å². The monoisotopic (exact) mass is 1030 g/mol. The zero-order chi connectivity index (χ0) is 56.2. The lowest BCUT2D eigenvalue weighted by Gasteiger charge is -2.34. The van der Waals surface area contributed by atoms with E-state index in [9.17, 15) is 19.8 Å². The Morgan fingerprint density at radius 1 is 0.500 bits per heavy atom. The molecule has 2 aromatic heterocycles. The van der Waals surface area contributed by atoms with Crippen LogP contribution in [-0.4, -0.2) is 69.3 Å². The van der Waals surface area contributed by atoms with Gasteiger partial charge in [-0.05, 0) is 151 Å². The molecule has 4 aromatic carbocycles. The molecule has 10 nitrogen and oxygen atoms in total. The summed E-state index contributed by atoms with van der Waals surface area (Å²) in [7, 11) is 0. The third-order valence-electron chi connectivity index (χ3n) is 15.4. The van der Waals surface area contributed by atoms with E-state index in [1.807, 2.05) is 84.9 Å². The van der Waals surface area contributed by atoms with Crippen LogP contribution in [0, 0.1) is 38.5 Å². The Hall–Kier alpha value is -6.36. The quantitative estimate of drug-likeness (QED) is 0.0595. The van der Waals surface area contributed by atoms with Crippen LogP contribution in [0.25, 0.3) is 22.5 Å². The molecule has 10 heteroatoms. The normalized spacial score (nSPS) is 12.8. The highest BCUT2D eigenvalue weighted by molar-refractivity contribution is 5.73. The maximum absolute atomic E-state index is 11.8. The number of esters is 1. The van der Waals surface area contributed by atoms with Crippen molar-refractivity contribution < 1.29 is 39.1 Å². The molecule has 2 unspecified atom stereocenters. The van der Waals surface area contributed by atoms with E-state index in [1.54, 1.807) is 12.4 Å². The van der Waals surface area contributed by atoms with E-state index in [0.29, 0.717) is 12.2 Å². The Morgan fingerprint density at radius 2 is 0.855 bits per heavy atom. The lowest BCUT2D eigenvalue weighted by atomic mass is 9.69. The van der Waals surface area contributed by atoms with Gasteiger partial charge in [-0.1, -0.05) is 142 Å². The third kappa shape index (κ3) is 14.8. The first-order valence-corrected chi connectivity index (χ1v) is 27.2. The minimum atomic E-state index is -0.858. The first-order chi connectivity index (χ1) is 35.9. The number of hydrogen-bond acceptors (Lipinski definition) is 9. The molecule has 0 spiro atoms. The molecule has 408 valence electrons. The van der Waals surface area contributed by atoms with E-state index in [1.165, 1.54) is 22.3 Å². The van der Waals surface area contributed by atoms with Gasteiger partial charge in [0.05, 0.1) is 43.0 Å². The summed E-state index contributed by atoms with van der Waals surface area (Å²) >= 11 is 0. The number of aryl methyl sites for hydroxylation is 4. The Bertz CT molecular complexity index is 2870. The molecule has 0 fully saturated rings. The summed E-state index contributed by atoms with van der Waals surface area (Å²) in [5, 5.41) is 29.8. The maximum Gasteiger partial charge on any atom is 0.310 e. The minimum absolute atomic E-state index is 0.0266. The second-order valence-electron chi connectivity index (χ2n) is 22.6. The summed E-state index contributed by atoms with van der Waals surface area (Å²) < 4.78 is 17.0. The van der Waals surface area contributed by atoms with Gasteiger partial charge in [0.15, 0.2) is 0 Å². The van der Waals surface area contributed by atoms with Gasteiger partial charge < -0.3 is 29.5 Å². The molecule has 0 aliphatic heterocycles. The maximum atomic E-state index is 11.8. The van der Waals surface area contributed by atoms with Crippen LogP contribution in [0.5, 0.6) is 11.5 Å². The smallest absolute Gasteiger partial charge is 0.310 e. The number of nitrogens with zero attached hydrogens (tertiary/aromatic N) is 2. The molecule has 0 bridgehead atoms. The summed E-state index contributed by atoms with van der Waals surface area (Å²) in [6.07, 6.45) is 6.36. The highest BCUT2D eigenvalue weighted by Crippen LogP contribution is 2.43. The fraction of sp³-hybridized carbons (Fsp3) is 0.455. The molecule has 6 aromatic rings. The molecule has 3 N–H and O–H groups in total. The highest BCUT2D eigenvalue weighted by Gasteiger charge is 2.34. The molecule has 0 aliphatic rings. The van der Waals surface area contributed by atoms with E-state index < -0.39 is 18.2 Å². The number of carbonyl (C=O) groups excluding carboxylic acids is 1. The predicted octanol–water partition coefficient (Wildman–Crippen LogP) is 14.2. The van der Waals surface area contributed by atoms with Gasteiger partial charge >= 0.3 is 11.9 Å². The summed E-state index contributed by atoms with van der Waals surface area (Å²) in [4.78, 5) is 31.9. The average molecular weight is 1040 g/mol. The van der Waals surface area contributed by atoms with Crippen molar-refractivity contribution in [2.24, 2.45) is 10.8 Å². The van der Waals surface area contributed by atoms with E-state index >= 15 is 0 Å². The Labute approximate surface area is 454 Å². The zero-order valence-electron chi connectivity index (χ0n) is 48.2. The number of carbonyl (C=O) groups is 2. The van der Waals surface area contributed by atoms with Crippen LogP contribution in [-0.2, 0) is 38.0 Å². The van der Waals surface area contributed by atoms with Gasteiger partial charge in [0.2, 0.25) is 0 Å². The van der Waals surface area contributed by atoms with Gasteiger partial charge in [-0.15, -0.1) is 0 Å². The second-order valence-corrected chi connectivity index (χ2v) is 22.6. The van der Waals surface area contributed by atoms with Crippen molar-refractivity contribution in [2.75, 3.05) is 19.8 Å². The van der Waals surface area contributed by atoms with E-state index in [0.717, 1.165) is 87.5 Å². The van der Waals surface area contributed by atoms with Crippen molar-refractivity contribution in [2.45, 2.75) is 165 Å². The number of hydrogen-bond donors (Lipinski definition) is 3. The molecule has 2 atom stereocenters. The van der Waals surface area contributed by atoms with E-state index in [2.05, 4.69) is 126 Å². The summed E-state index contributed by atoms with van der Waals surface area (Å²) in [5.41, 5.74) is 14.2. The molecule has 0 amide bonds. The van der Waals surface area contributed by atoms with Gasteiger partial charge in [-0.3, -0.25) is 19.6 Å². The van der Waals surface area contributed by atoms with Gasteiger partial charge in [0, 0.05) is 34.4 Å². The van der Waals surface area contributed by atoms with Crippen LogP contribution in [0.3, 0.4) is 0 Å². The standard InChI is InChI=1S/C34H45NO4.C32H41NO4/c1-9-34(10-2,27-14-17-30(24(5)19-27)39-22-31(36)33(6,7)8)26-13-15-28(23(4)18-26)29-16-12-25(21-35-29)20-32(37)38-11-3;1-8-32(9-2,25-12-15-28(22(4)17-25)37-20-29(34)31(5,6)7)24-11-13-26(21(3)16-24)27-14-10-23(19-33-27)18-30(35)36/h12-19,21,31,36H,9-11,20,22H2,1-8H3;10-17,19,29,34H,8-9,18,20H2,1-7H3,(H,35,36). The van der Waals surface area contributed by atoms with Crippen molar-refractivity contribution >= 4 is 11.9 Å². The highest BCUT2D eigenvalue weighted by atomic mass is 16.5. The molecule has 76 heavy (non-hydrogen) atoms. The minimum Gasteiger partial charge on any atom is -0.491 e. The number of ether oxygens (including phenoxy) is 3. The van der Waals surface area contributed by atoms with E-state index in [-0.39, 0.29) is 53.7 Å². The predicted molar refractivity (Wildman–Crippen MR) is 307 cm³/mol. The van der Waals surface area contributed by atoms with Crippen LogP contribution in [0.1, 0.15) is 157 Å². The number of rotatable bonds is 21. The average Bonchev–Trinajstić information content (AvgIpc) is 3.37. The van der Waals surface area contributed by atoms with Crippen molar-refractivity contribution in [3.63, 3.8) is 0 Å². The van der Waals surface area contributed by atoms with Crippen molar-refractivity contribution in [1.29, 1.82) is 0 Å². The molecule has 0 saturated heterocycles. The number of pyridine rings is 2. The number of aliphatic hydroxyl groups is 2. The van der Waals surface area contributed by atoms with Crippen LogP contribution >= 0.6 is 0 Å². The van der Waals surface area contributed by atoms with Gasteiger partial charge in [0.1, 0.15) is 24.7 Å². The summed E-state index contributed by atoms with van der Waals surface area (Å²) in [5.74, 6) is 0.521. The number of aliphatic hydroxyl groups excluding tert-OH is 2. The number of carboxylic acids is 1. The van der Waals surface area contributed by atoms with E-state index in [4.69, 9.17) is 19.3 Å². The molecule has 0 aliphatic carbocycles. The second kappa shape index (κ2) is 26.1. The van der Waals surface area contributed by atoms with Crippen LogP contribution in [0.4, 0.5) is 0 Å². The number of aliphatic carboxylic acids is 1. The molecule has 6 rings (SSSR count). The first kappa shape index (κ1) is 60.5. The fourth-order valence-electron chi connectivity index (χ4n) is 9.95. The summed E-state index contributed by atoms with van der Waals surface area (Å²) in [6.45, 7) is 32.1. The fourth-order valence-corrected chi connectivity index (χ4v) is 9.95. The molecule has 0 radical (unpaired) electrons. The zero-order valence-corrected chi connectivity index (χ0v) is 48.2. The lowest BCUT2D eigenvalue weighted by Crippen LogP contribution is -2.32. The Kier molecular flexibility index (Phi) is 20.8. The SMILES string of the molecule is CCC(CC)(c1ccc(OCC(O)C(C)(C)C)c(C)c1)c1ccc(-c2ccc(CC(=O)O)cn2)c(C)c1.CCOC(=O)Cc1ccc(-c2ccc(C(CC)(CC)c3ccc(OCC(O)C(C)(C)C)c(C)c3)cc2C)nc1. The molecule has 0 saturated carbocycles. The van der Waals surface area contributed by atoms with Gasteiger partial charge in [-0.2, -0.15) is 0 Å². The number of benzene rings is 4. The molecular formula is C66H86N2O8. The Balaban J connectivity index is 0.000000281. The number of carboxylic acid groups (broad SMARTS) is 1. The third-order valence-corrected chi connectivity index (χ3v) is 15.4.